The Morgan fingerprint density at radius 1 is 1.38 bits per heavy atom. The van der Waals surface area contributed by atoms with Gasteiger partial charge in [-0.15, -0.1) is 0 Å². The molecule has 1 heterocycles. The summed E-state index contributed by atoms with van der Waals surface area (Å²) in [6.45, 7) is -1.22. The van der Waals surface area contributed by atoms with Crippen molar-refractivity contribution in [3.63, 3.8) is 0 Å². The molecule has 1 atom stereocenters. The molecule has 0 bridgehead atoms. The van der Waals surface area contributed by atoms with Gasteiger partial charge in [-0.1, -0.05) is 0 Å². The van der Waals surface area contributed by atoms with Crippen LogP contribution in [0.25, 0.3) is 0 Å². The molecular weight excluding hydrogens is 282 g/mol. The lowest BCUT2D eigenvalue weighted by atomic mass is 10.1. The second kappa shape index (κ2) is 6.53. The molecule has 2 aromatic rings. The Bertz CT molecular complexity index is 600. The van der Waals surface area contributed by atoms with Crippen LogP contribution in [-0.4, -0.2) is 21.8 Å². The molecule has 21 heavy (non-hydrogen) atoms. The lowest BCUT2D eigenvalue weighted by molar-refractivity contribution is 0.0630. The predicted octanol–water partition coefficient (Wildman–Crippen LogP) is 2.92. The van der Waals surface area contributed by atoms with Crippen molar-refractivity contribution >= 4 is 0 Å². The standard InChI is InChI=1S/C14H16F2N2O3/c1-9(19)11-4-3-10(20-2)7-12(11)21-8-13-17-5-6-18(13)14(15)16/h3-7,9,14,19H,8H2,1-2H3/t9-/m0/s1. The third kappa shape index (κ3) is 3.49. The number of halogens is 2. The quantitative estimate of drug-likeness (QED) is 0.891. The Kier molecular flexibility index (Phi) is 4.74. The van der Waals surface area contributed by atoms with Crippen LogP contribution in [0.1, 0.15) is 31.0 Å². The van der Waals surface area contributed by atoms with Gasteiger partial charge in [0.1, 0.15) is 18.1 Å². The van der Waals surface area contributed by atoms with Crippen molar-refractivity contribution in [1.29, 1.82) is 0 Å². The van der Waals surface area contributed by atoms with Crippen molar-refractivity contribution in [1.82, 2.24) is 9.55 Å². The molecule has 0 saturated carbocycles. The van der Waals surface area contributed by atoms with Crippen LogP contribution in [0.3, 0.4) is 0 Å². The van der Waals surface area contributed by atoms with Crippen molar-refractivity contribution in [2.45, 2.75) is 26.2 Å². The molecule has 1 aromatic carbocycles. The first-order valence-electron chi connectivity index (χ1n) is 6.31. The Balaban J connectivity index is 2.20. The third-order valence-corrected chi connectivity index (χ3v) is 2.99. The molecule has 1 N–H and O–H groups in total. The molecule has 5 nitrogen and oxygen atoms in total. The summed E-state index contributed by atoms with van der Waals surface area (Å²) in [6, 6.07) is 4.95. The molecule has 0 spiro atoms. The van der Waals surface area contributed by atoms with Crippen LogP contribution in [0.5, 0.6) is 11.5 Å². The average molecular weight is 298 g/mol. The molecule has 0 unspecified atom stereocenters. The van der Waals surface area contributed by atoms with E-state index in [1.54, 1.807) is 25.1 Å². The van der Waals surface area contributed by atoms with Crippen molar-refractivity contribution < 1.29 is 23.4 Å². The van der Waals surface area contributed by atoms with Gasteiger partial charge in [0.25, 0.3) is 0 Å². The summed E-state index contributed by atoms with van der Waals surface area (Å²) >= 11 is 0. The molecule has 0 aliphatic carbocycles. The van der Waals surface area contributed by atoms with E-state index in [9.17, 15) is 13.9 Å². The highest BCUT2D eigenvalue weighted by Gasteiger charge is 2.14. The van der Waals surface area contributed by atoms with Gasteiger partial charge in [0.2, 0.25) is 0 Å². The van der Waals surface area contributed by atoms with Crippen LogP contribution in [0.15, 0.2) is 30.6 Å². The fourth-order valence-electron chi connectivity index (χ4n) is 1.89. The van der Waals surface area contributed by atoms with Gasteiger partial charge in [0.15, 0.2) is 5.82 Å². The van der Waals surface area contributed by atoms with Crippen LogP contribution in [0, 0.1) is 0 Å². The van der Waals surface area contributed by atoms with Crippen LogP contribution >= 0.6 is 0 Å². The maximum atomic E-state index is 12.7. The topological polar surface area (TPSA) is 56.5 Å². The average Bonchev–Trinajstić information content (AvgIpc) is 2.93. The van der Waals surface area contributed by atoms with Crippen molar-refractivity contribution in [3.05, 3.63) is 42.0 Å². The number of alkyl halides is 2. The second-order valence-corrected chi connectivity index (χ2v) is 4.40. The number of aromatic nitrogens is 2. The first-order valence-corrected chi connectivity index (χ1v) is 6.31. The maximum Gasteiger partial charge on any atom is 0.320 e. The summed E-state index contributed by atoms with van der Waals surface area (Å²) in [4.78, 5) is 3.83. The zero-order chi connectivity index (χ0) is 15.4. The molecule has 1 aromatic heterocycles. The second-order valence-electron chi connectivity index (χ2n) is 4.40. The molecule has 0 aliphatic rings. The zero-order valence-corrected chi connectivity index (χ0v) is 11.7. The van der Waals surface area contributed by atoms with Crippen LogP contribution in [-0.2, 0) is 6.61 Å². The minimum atomic E-state index is -2.67. The van der Waals surface area contributed by atoms with Gasteiger partial charge >= 0.3 is 6.55 Å². The monoisotopic (exact) mass is 298 g/mol. The van der Waals surface area contributed by atoms with E-state index >= 15 is 0 Å². The number of ether oxygens (including phenoxy) is 2. The Morgan fingerprint density at radius 3 is 2.76 bits per heavy atom. The smallest absolute Gasteiger partial charge is 0.320 e. The number of imidazole rings is 1. The highest BCUT2D eigenvalue weighted by atomic mass is 19.3. The Morgan fingerprint density at radius 2 is 2.14 bits per heavy atom. The van der Waals surface area contributed by atoms with Gasteiger partial charge in [0, 0.05) is 24.0 Å². The van der Waals surface area contributed by atoms with Gasteiger partial charge in [-0.25, -0.2) is 4.98 Å². The van der Waals surface area contributed by atoms with E-state index < -0.39 is 12.7 Å². The zero-order valence-electron chi connectivity index (χ0n) is 11.7. The molecule has 0 radical (unpaired) electrons. The van der Waals surface area contributed by atoms with Crippen molar-refractivity contribution in [2.75, 3.05) is 7.11 Å². The molecule has 7 heteroatoms. The van der Waals surface area contributed by atoms with Crippen LogP contribution in [0.4, 0.5) is 8.78 Å². The fourth-order valence-corrected chi connectivity index (χ4v) is 1.89. The molecule has 114 valence electrons. The third-order valence-electron chi connectivity index (χ3n) is 2.99. The van der Waals surface area contributed by atoms with E-state index in [0.29, 0.717) is 17.1 Å². The summed E-state index contributed by atoms with van der Waals surface area (Å²) in [5.74, 6) is 1.02. The largest absolute Gasteiger partial charge is 0.497 e. The number of hydrogen-bond acceptors (Lipinski definition) is 4. The molecule has 0 aliphatic heterocycles. The first kappa shape index (κ1) is 15.2. The first-order chi connectivity index (χ1) is 10.0. The Labute approximate surface area is 120 Å². The molecular formula is C14H16F2N2O3. The maximum absolute atomic E-state index is 12.7. The number of hydrogen-bond donors (Lipinski definition) is 1. The van der Waals surface area contributed by atoms with Crippen molar-refractivity contribution in [2.24, 2.45) is 0 Å². The van der Waals surface area contributed by atoms with Gasteiger partial charge in [-0.3, -0.25) is 4.57 Å². The fraction of sp³-hybridized carbons (Fsp3) is 0.357. The molecule has 0 saturated heterocycles. The molecule has 0 fully saturated rings. The van der Waals surface area contributed by atoms with E-state index in [2.05, 4.69) is 4.98 Å². The predicted molar refractivity (Wildman–Crippen MR) is 71.4 cm³/mol. The number of nitrogens with zero attached hydrogens (tertiary/aromatic N) is 2. The summed E-state index contributed by atoms with van der Waals surface area (Å²) < 4.78 is 36.8. The van der Waals surface area contributed by atoms with Gasteiger partial charge in [0.05, 0.1) is 13.2 Å². The van der Waals surface area contributed by atoms with Crippen molar-refractivity contribution in [3.8, 4) is 11.5 Å². The summed E-state index contributed by atoms with van der Waals surface area (Å²) in [5.41, 5.74) is 0.547. The van der Waals surface area contributed by atoms with E-state index in [-0.39, 0.29) is 12.4 Å². The SMILES string of the molecule is COc1ccc([C@H](C)O)c(OCc2nccn2C(F)F)c1. The van der Waals surface area contributed by atoms with Crippen LogP contribution < -0.4 is 9.47 Å². The minimum Gasteiger partial charge on any atom is -0.497 e. The lowest BCUT2D eigenvalue weighted by Crippen LogP contribution is -2.08. The number of benzene rings is 1. The number of aliphatic hydroxyl groups excluding tert-OH is 1. The van der Waals surface area contributed by atoms with Crippen LogP contribution in [0.2, 0.25) is 0 Å². The Hall–Kier alpha value is -2.15. The van der Waals surface area contributed by atoms with E-state index in [1.165, 1.54) is 19.5 Å². The number of methoxy groups -OCH3 is 1. The normalized spacial score (nSPS) is 12.5. The molecule has 2 rings (SSSR count). The van der Waals surface area contributed by atoms with Gasteiger partial charge < -0.3 is 14.6 Å². The van der Waals surface area contributed by atoms with Gasteiger partial charge in [-0.05, 0) is 19.1 Å². The lowest BCUT2D eigenvalue weighted by Gasteiger charge is -2.15. The van der Waals surface area contributed by atoms with E-state index in [4.69, 9.17) is 9.47 Å². The number of aliphatic hydroxyl groups is 1. The summed E-state index contributed by atoms with van der Waals surface area (Å²) in [6.07, 6.45) is 1.72. The molecule has 0 amide bonds. The summed E-state index contributed by atoms with van der Waals surface area (Å²) in [5, 5.41) is 9.71. The highest BCUT2D eigenvalue weighted by Crippen LogP contribution is 2.30. The van der Waals surface area contributed by atoms with E-state index in [1.807, 2.05) is 0 Å². The van der Waals surface area contributed by atoms with Gasteiger partial charge in [-0.2, -0.15) is 8.78 Å². The van der Waals surface area contributed by atoms with E-state index in [0.717, 1.165) is 4.57 Å². The number of rotatable bonds is 6. The minimum absolute atomic E-state index is 0.101. The summed E-state index contributed by atoms with van der Waals surface area (Å²) in [7, 11) is 1.50. The highest BCUT2D eigenvalue weighted by molar-refractivity contribution is 5.41.